The number of benzene rings is 6. The number of carboxylic acids is 4. The molecular formula is C55H54N6O16S2. The molecule has 4 fully saturated rings. The molecule has 0 saturated carbocycles. The molecule has 22 nitrogen and oxygen atoms in total. The van der Waals surface area contributed by atoms with Crippen molar-refractivity contribution in [3.8, 4) is 23.0 Å². The lowest BCUT2D eigenvalue weighted by Crippen LogP contribution is -2.71. The van der Waals surface area contributed by atoms with Gasteiger partial charge < -0.3 is 72.8 Å². The van der Waals surface area contributed by atoms with Gasteiger partial charge in [-0.15, -0.1) is 23.5 Å². The molecule has 8 atom stereocenters. The third kappa shape index (κ3) is 10.7. The van der Waals surface area contributed by atoms with Gasteiger partial charge in [0, 0.05) is 27.0 Å². The predicted molar refractivity (Wildman–Crippen MR) is 289 cm³/mol. The highest BCUT2D eigenvalue weighted by atomic mass is 32.2. The summed E-state index contributed by atoms with van der Waals surface area (Å²) in [6.45, 7) is 7.07. The third-order valence-corrected chi connectivity index (χ3v) is 17.2. The Morgan fingerprint density at radius 3 is 1.19 bits per heavy atom. The number of hydrogen-bond acceptors (Lipinski definition) is 16. The van der Waals surface area contributed by atoms with Gasteiger partial charge in [0.15, 0.2) is 0 Å². The molecule has 6 aromatic carbocycles. The molecule has 4 aliphatic rings. The van der Waals surface area contributed by atoms with E-state index in [1.165, 1.54) is 94.0 Å². The number of nitrogens with two attached hydrogens (primary N) is 2. The fraction of sp³-hybridized carbons (Fsp3) is 0.273. The van der Waals surface area contributed by atoms with Crippen molar-refractivity contribution >= 4 is 92.6 Å². The zero-order valence-corrected chi connectivity index (χ0v) is 44.1. The van der Waals surface area contributed by atoms with Crippen LogP contribution in [0.5, 0.6) is 23.0 Å². The van der Waals surface area contributed by atoms with Crippen molar-refractivity contribution in [2.75, 3.05) is 0 Å². The summed E-state index contributed by atoms with van der Waals surface area (Å²) in [4.78, 5) is 98.2. The smallest absolute Gasteiger partial charge is 0.339 e. The molecule has 0 bridgehead atoms. The Morgan fingerprint density at radius 2 is 0.873 bits per heavy atom. The van der Waals surface area contributed by atoms with Crippen LogP contribution in [0.2, 0.25) is 0 Å². The fourth-order valence-corrected chi connectivity index (χ4v) is 13.4. The van der Waals surface area contributed by atoms with Crippen LogP contribution >= 0.6 is 23.5 Å². The lowest BCUT2D eigenvalue weighted by molar-refractivity contribution is -0.161. The number of aliphatic carboxylic acids is 2. The molecule has 4 heterocycles. The Kier molecular flexibility index (Phi) is 15.5. The number of thioether (sulfide) groups is 2. The van der Waals surface area contributed by atoms with E-state index < -0.39 is 115 Å². The zero-order chi connectivity index (χ0) is 57.7. The number of phenolic OH excluding ortho intramolecular Hbond substituents is 2. The van der Waals surface area contributed by atoms with E-state index in [0.717, 1.165) is 0 Å². The Hall–Kier alpha value is -8.58. The first-order valence-corrected chi connectivity index (χ1v) is 26.0. The van der Waals surface area contributed by atoms with Crippen molar-refractivity contribution in [2.24, 2.45) is 11.5 Å². The summed E-state index contributed by atoms with van der Waals surface area (Å²) in [5.41, 5.74) is 12.9. The van der Waals surface area contributed by atoms with Crippen LogP contribution in [-0.2, 0) is 35.2 Å². The molecule has 412 valence electrons. The Bertz CT molecular complexity index is 3260. The van der Waals surface area contributed by atoms with Crippen LogP contribution in [0.25, 0.3) is 21.5 Å². The zero-order valence-electron chi connectivity index (χ0n) is 42.4. The topological polar surface area (TPSA) is 381 Å². The van der Waals surface area contributed by atoms with Gasteiger partial charge in [0.05, 0.1) is 0 Å². The number of amides is 4. The van der Waals surface area contributed by atoms with Gasteiger partial charge in [-0.05, 0) is 96.8 Å². The highest BCUT2D eigenvalue weighted by Crippen LogP contribution is 2.52. The van der Waals surface area contributed by atoms with Gasteiger partial charge in [-0.3, -0.25) is 19.2 Å². The van der Waals surface area contributed by atoms with Crippen molar-refractivity contribution in [2.45, 2.75) is 90.6 Å². The molecule has 0 aliphatic carbocycles. The van der Waals surface area contributed by atoms with Crippen molar-refractivity contribution in [1.82, 2.24) is 20.4 Å². The number of hydrogen-bond donors (Lipinski definition) is 12. The van der Waals surface area contributed by atoms with Crippen molar-refractivity contribution < 1.29 is 79.2 Å². The Morgan fingerprint density at radius 1 is 0.544 bits per heavy atom. The van der Waals surface area contributed by atoms with Crippen LogP contribution in [0.4, 0.5) is 0 Å². The molecule has 4 aliphatic heterocycles. The van der Waals surface area contributed by atoms with Crippen LogP contribution < -0.4 is 22.1 Å². The summed E-state index contributed by atoms with van der Waals surface area (Å²) in [7, 11) is 0. The minimum absolute atomic E-state index is 0.0407. The van der Waals surface area contributed by atoms with E-state index in [-0.39, 0.29) is 29.0 Å². The second kappa shape index (κ2) is 21.7. The summed E-state index contributed by atoms with van der Waals surface area (Å²) in [6, 6.07) is 23.2. The summed E-state index contributed by atoms with van der Waals surface area (Å²) in [5, 5.41) is 84.5. The van der Waals surface area contributed by atoms with Gasteiger partial charge in [-0.25, -0.2) is 19.2 Å². The lowest BCUT2D eigenvalue weighted by atomic mass is 9.90. The number of carbonyl (C=O) groups is 8. The fourth-order valence-electron chi connectivity index (χ4n) is 10.1. The summed E-state index contributed by atoms with van der Waals surface area (Å²) in [5.74, 6) is -7.23. The first-order chi connectivity index (χ1) is 37.1. The third-order valence-electron chi connectivity index (χ3n) is 14.1. The number of carbonyl (C=O) groups excluding carboxylic acids is 4. The number of carboxylic acid groups (broad SMARTS) is 4. The second-order valence-electron chi connectivity index (χ2n) is 20.0. The molecule has 4 saturated heterocycles. The Balaban J connectivity index is 0.000000157. The molecule has 0 unspecified atom stereocenters. The largest absolute Gasteiger partial charge is 0.508 e. The molecule has 0 spiro atoms. The maximum absolute atomic E-state index is 12.3. The molecule has 14 N–H and O–H groups in total. The van der Waals surface area contributed by atoms with Crippen LogP contribution in [0.3, 0.4) is 0 Å². The number of β-lactam (4-membered cyclic amide) rings is 2. The predicted octanol–water partition coefficient (Wildman–Crippen LogP) is 4.44. The first kappa shape index (κ1) is 56.6. The van der Waals surface area contributed by atoms with E-state index in [9.17, 15) is 79.2 Å². The number of aromatic hydroxyl groups is 4. The summed E-state index contributed by atoms with van der Waals surface area (Å²) in [6.07, 6.45) is -0.0407. The minimum Gasteiger partial charge on any atom is -0.508 e. The van der Waals surface area contributed by atoms with Crippen molar-refractivity contribution in [3.05, 3.63) is 143 Å². The summed E-state index contributed by atoms with van der Waals surface area (Å²) < 4.78 is -1.30. The van der Waals surface area contributed by atoms with Crippen LogP contribution in [0, 0.1) is 0 Å². The molecule has 79 heavy (non-hydrogen) atoms. The van der Waals surface area contributed by atoms with Crippen molar-refractivity contribution in [1.29, 1.82) is 0 Å². The van der Waals surface area contributed by atoms with Gasteiger partial charge in [0.2, 0.25) is 23.6 Å². The molecule has 24 heteroatoms. The van der Waals surface area contributed by atoms with Gasteiger partial charge >= 0.3 is 23.9 Å². The van der Waals surface area contributed by atoms with Gasteiger partial charge in [0.25, 0.3) is 0 Å². The van der Waals surface area contributed by atoms with E-state index in [1.807, 2.05) is 0 Å². The number of nitrogens with one attached hydrogen (secondary N) is 2. The Labute approximate surface area is 458 Å². The number of fused-ring (bicyclic) bond motifs is 4. The number of rotatable bonds is 12. The first-order valence-electron chi connectivity index (χ1n) is 24.2. The quantitative estimate of drug-likeness (QED) is 0.0754. The number of aromatic carboxylic acids is 2. The lowest BCUT2D eigenvalue weighted by Gasteiger charge is -2.43. The standard InChI is InChI=1S/C23H16O6.2C16H19N3O5S/c24-20-16(14-7-3-1-5-12(14)9-18(20)22(26)27)11-17-15-8-4-2-6-13(15)10-19(21(17)25)23(28)29;2*1-16(2)11(15(23)24)19-13(22)10(14(19)25-16)18-12(21)9(17)7-3-5-8(20)6-4-7/h1-10,24-25H,11H2,(H,26,27)(H,28,29);2*3-6,9-11,14,20H,17H2,1-2H3,(H,18,21)(H,23,24)/t;2*9-,10-,11+,14-/m.11/s1. The van der Waals surface area contributed by atoms with E-state index in [0.29, 0.717) is 43.8 Å². The van der Waals surface area contributed by atoms with Crippen LogP contribution in [0.15, 0.2) is 109 Å². The molecule has 6 aromatic rings. The number of nitrogens with zero attached hydrogens (tertiary/aromatic N) is 2. The minimum atomic E-state index is -1.28. The van der Waals surface area contributed by atoms with E-state index in [2.05, 4.69) is 10.6 Å². The second-order valence-corrected chi connectivity index (χ2v) is 23.6. The van der Waals surface area contributed by atoms with Gasteiger partial charge in [-0.2, -0.15) is 0 Å². The highest BCUT2D eigenvalue weighted by molar-refractivity contribution is 8.02. The van der Waals surface area contributed by atoms with Crippen LogP contribution in [0.1, 0.15) is 82.7 Å². The maximum atomic E-state index is 12.3. The maximum Gasteiger partial charge on any atom is 0.339 e. The monoisotopic (exact) mass is 1120 g/mol. The van der Waals surface area contributed by atoms with E-state index >= 15 is 0 Å². The van der Waals surface area contributed by atoms with Crippen molar-refractivity contribution in [3.63, 3.8) is 0 Å². The molecule has 10 rings (SSSR count). The SMILES string of the molecule is CC1(C)S[C@@H]2[C@H](NC(=O)[C@H](N)c3ccc(O)cc3)C(=O)N2[C@H]1C(=O)O.CC1(C)S[C@@H]2[C@H](NC(=O)[C@H](N)c3ccc(O)cc3)C(=O)N2[C@H]1C(=O)O.O=C(O)c1cc2ccccc2c(Cc2c(O)c(C(=O)O)cc3ccccc23)c1O. The average Bonchev–Trinajstić information content (AvgIpc) is 4.04. The molecule has 0 aromatic heterocycles. The van der Waals surface area contributed by atoms with Crippen LogP contribution in [-0.4, -0.2) is 143 Å². The average molecular weight is 1120 g/mol. The normalized spacial score (nSPS) is 21.8. The van der Waals surface area contributed by atoms with Gasteiger partial charge in [0.1, 0.15) is 81.1 Å². The van der Waals surface area contributed by atoms with Gasteiger partial charge in [-0.1, -0.05) is 72.8 Å². The van der Waals surface area contributed by atoms with E-state index in [1.54, 1.807) is 76.2 Å². The molecular weight excluding hydrogens is 1060 g/mol. The summed E-state index contributed by atoms with van der Waals surface area (Å²) >= 11 is 2.71. The van der Waals surface area contributed by atoms with E-state index in [4.69, 9.17) is 11.5 Å². The highest BCUT2D eigenvalue weighted by Gasteiger charge is 2.65. The molecule has 4 amide bonds. The molecule has 0 radical (unpaired) electrons. The number of phenols is 4.